The number of nitrogens with zero attached hydrogens (tertiary/aromatic N) is 1. The smallest absolute Gasteiger partial charge is 0.412 e. The van der Waals surface area contributed by atoms with Crippen LogP contribution in [0.3, 0.4) is 0 Å². The number of aryl methyl sites for hydroxylation is 3. The second kappa shape index (κ2) is 15.0. The number of rotatable bonds is 12. The average molecular weight is 669 g/mol. The molecule has 1 aromatic carbocycles. The van der Waals surface area contributed by atoms with E-state index in [-0.39, 0.29) is 29.6 Å². The van der Waals surface area contributed by atoms with Crippen LogP contribution in [0.5, 0.6) is 0 Å². The topological polar surface area (TPSA) is 77.1 Å². The zero-order valence-electron chi connectivity index (χ0n) is 30.9. The molecular formula is C39H60N2O5S. The van der Waals surface area contributed by atoms with E-state index < -0.39 is 11.3 Å². The molecule has 0 radical (unpaired) electrons. The van der Waals surface area contributed by atoms with Gasteiger partial charge in [-0.1, -0.05) is 65.8 Å². The summed E-state index contributed by atoms with van der Waals surface area (Å²) >= 11 is 1.81. The molecule has 0 bridgehead atoms. The number of hydrogen-bond donors (Lipinski definition) is 1. The first-order valence-electron chi connectivity index (χ1n) is 17.6. The van der Waals surface area contributed by atoms with Crippen LogP contribution >= 0.6 is 11.3 Å². The third kappa shape index (κ3) is 10.1. The van der Waals surface area contributed by atoms with Crippen molar-refractivity contribution in [3.63, 3.8) is 0 Å². The first-order valence-corrected chi connectivity index (χ1v) is 18.5. The summed E-state index contributed by atoms with van der Waals surface area (Å²) in [4.78, 5) is 31.2. The maximum Gasteiger partial charge on any atom is 0.412 e. The Morgan fingerprint density at radius 2 is 1.68 bits per heavy atom. The van der Waals surface area contributed by atoms with Crippen molar-refractivity contribution in [1.29, 1.82) is 0 Å². The van der Waals surface area contributed by atoms with Gasteiger partial charge in [0.15, 0.2) is 0 Å². The largest absolute Gasteiger partial charge is 0.462 e. The van der Waals surface area contributed by atoms with Crippen molar-refractivity contribution in [1.82, 2.24) is 10.2 Å². The van der Waals surface area contributed by atoms with Crippen LogP contribution in [-0.4, -0.2) is 60.1 Å². The normalized spacial score (nSPS) is 20.5. The lowest BCUT2D eigenvalue weighted by Crippen LogP contribution is -2.51. The minimum absolute atomic E-state index is 0.159. The molecule has 1 saturated heterocycles. The average Bonchev–Trinajstić information content (AvgIpc) is 3.42. The molecule has 7 nitrogen and oxygen atoms in total. The van der Waals surface area contributed by atoms with Gasteiger partial charge in [0.05, 0.1) is 24.3 Å². The molecule has 262 valence electrons. The molecular weight excluding hydrogens is 609 g/mol. The van der Waals surface area contributed by atoms with Crippen LogP contribution in [0.2, 0.25) is 0 Å². The molecule has 2 aromatic rings. The molecule has 4 rings (SSSR count). The Bertz CT molecular complexity index is 1370. The highest BCUT2D eigenvalue weighted by atomic mass is 32.1. The number of hydrogen-bond acceptors (Lipinski definition) is 7. The van der Waals surface area contributed by atoms with Crippen molar-refractivity contribution in [2.75, 3.05) is 19.7 Å². The number of thiophene rings is 1. The standard InChI is InChI=1S/C39H60N2O5S/c1-25(2)22-40-23-31-30(41(39(10,11)45-31)36(43)46-37(5,6)7)20-28-14-12-27(13-15-28)16-17-33-34(35(42)44-24-26(3)4)29-21-38(8,9)19-18-32(29)47-33/h12-15,25-26,30-31,40H,16-24H2,1-11H3/t30-,31+/m0/s1. The predicted octanol–water partition coefficient (Wildman–Crippen LogP) is 8.39. The number of amides is 1. The van der Waals surface area contributed by atoms with Crippen molar-refractivity contribution in [3.05, 3.63) is 56.3 Å². The number of nitrogens with one attached hydrogen (secondary N) is 1. The van der Waals surface area contributed by atoms with Crippen molar-refractivity contribution < 1.29 is 23.8 Å². The van der Waals surface area contributed by atoms with Gasteiger partial charge in [0.2, 0.25) is 0 Å². The molecule has 1 aromatic heterocycles. The van der Waals surface area contributed by atoms with E-state index in [1.807, 2.05) is 46.0 Å². The van der Waals surface area contributed by atoms with Gasteiger partial charge in [-0.3, -0.25) is 4.90 Å². The fourth-order valence-corrected chi connectivity index (χ4v) is 8.01. The van der Waals surface area contributed by atoms with Gasteiger partial charge in [0.25, 0.3) is 0 Å². The Balaban J connectivity index is 1.51. The lowest BCUT2D eigenvalue weighted by molar-refractivity contribution is -0.0782. The van der Waals surface area contributed by atoms with E-state index in [9.17, 15) is 9.59 Å². The van der Waals surface area contributed by atoms with Crippen LogP contribution in [0.1, 0.15) is 119 Å². The fourth-order valence-electron chi connectivity index (χ4n) is 6.70. The van der Waals surface area contributed by atoms with Gasteiger partial charge in [-0.2, -0.15) is 0 Å². The quantitative estimate of drug-likeness (QED) is 0.229. The summed E-state index contributed by atoms with van der Waals surface area (Å²) in [6, 6.07) is 8.55. The summed E-state index contributed by atoms with van der Waals surface area (Å²) in [5.74, 6) is 0.662. The monoisotopic (exact) mass is 668 g/mol. The predicted molar refractivity (Wildman–Crippen MR) is 191 cm³/mol. The van der Waals surface area contributed by atoms with Gasteiger partial charge in [-0.25, -0.2) is 9.59 Å². The molecule has 2 heterocycles. The van der Waals surface area contributed by atoms with Crippen molar-refractivity contribution in [2.45, 2.75) is 138 Å². The van der Waals surface area contributed by atoms with E-state index in [0.29, 0.717) is 31.4 Å². The van der Waals surface area contributed by atoms with Gasteiger partial charge < -0.3 is 19.5 Å². The lowest BCUT2D eigenvalue weighted by atomic mass is 9.76. The highest BCUT2D eigenvalue weighted by Gasteiger charge is 2.51. The molecule has 0 spiro atoms. The first kappa shape index (κ1) is 37.4. The third-order valence-corrected chi connectivity index (χ3v) is 10.3. The summed E-state index contributed by atoms with van der Waals surface area (Å²) in [7, 11) is 0. The van der Waals surface area contributed by atoms with E-state index in [4.69, 9.17) is 14.2 Å². The Kier molecular flexibility index (Phi) is 11.9. The van der Waals surface area contributed by atoms with Gasteiger partial charge in [0.1, 0.15) is 11.3 Å². The van der Waals surface area contributed by atoms with Gasteiger partial charge in [-0.05, 0) is 114 Å². The summed E-state index contributed by atoms with van der Waals surface area (Å²) in [6.07, 6.45) is 4.90. The minimum Gasteiger partial charge on any atom is -0.462 e. The lowest BCUT2D eigenvalue weighted by Gasteiger charge is -2.35. The molecule has 2 aliphatic rings. The molecule has 1 amide bonds. The van der Waals surface area contributed by atoms with Crippen LogP contribution in [0.15, 0.2) is 24.3 Å². The van der Waals surface area contributed by atoms with Crippen LogP contribution < -0.4 is 5.32 Å². The van der Waals surface area contributed by atoms with Gasteiger partial charge in [0, 0.05) is 16.3 Å². The second-order valence-corrected chi connectivity index (χ2v) is 17.9. The Morgan fingerprint density at radius 3 is 2.30 bits per heavy atom. The van der Waals surface area contributed by atoms with Crippen LogP contribution in [0, 0.1) is 17.3 Å². The molecule has 1 fully saturated rings. The Hall–Kier alpha value is -2.42. The Labute approximate surface area is 288 Å². The van der Waals surface area contributed by atoms with Crippen molar-refractivity contribution >= 4 is 23.4 Å². The molecule has 1 aliphatic carbocycles. The summed E-state index contributed by atoms with van der Waals surface area (Å²) in [5.41, 5.74) is 3.23. The van der Waals surface area contributed by atoms with Crippen molar-refractivity contribution in [3.8, 4) is 0 Å². The molecule has 1 N–H and O–H groups in total. The number of esters is 1. The fraction of sp³-hybridized carbons (Fsp3) is 0.692. The van der Waals surface area contributed by atoms with Gasteiger partial charge >= 0.3 is 12.1 Å². The van der Waals surface area contributed by atoms with Crippen LogP contribution in [-0.2, 0) is 46.3 Å². The SMILES string of the molecule is CC(C)CNC[C@H]1OC(C)(C)N(C(=O)OC(C)(C)C)[C@H]1Cc1ccc(CCc2sc3c(c2C(=O)OCC(C)C)CC(C)(C)CC3)cc1. The second-order valence-electron chi connectivity index (χ2n) is 16.7. The molecule has 47 heavy (non-hydrogen) atoms. The zero-order valence-corrected chi connectivity index (χ0v) is 31.7. The molecule has 1 aliphatic heterocycles. The molecule has 8 heteroatoms. The first-order chi connectivity index (χ1) is 21.8. The number of ether oxygens (including phenoxy) is 3. The molecule has 2 atom stereocenters. The third-order valence-electron chi connectivity index (χ3n) is 8.98. The highest BCUT2D eigenvalue weighted by molar-refractivity contribution is 7.12. The molecule has 0 saturated carbocycles. The number of benzene rings is 1. The van der Waals surface area contributed by atoms with Crippen LogP contribution in [0.4, 0.5) is 4.79 Å². The van der Waals surface area contributed by atoms with E-state index in [0.717, 1.165) is 54.7 Å². The van der Waals surface area contributed by atoms with E-state index in [2.05, 4.69) is 71.1 Å². The highest BCUT2D eigenvalue weighted by Crippen LogP contribution is 2.42. The maximum atomic E-state index is 13.5. The van der Waals surface area contributed by atoms with Crippen molar-refractivity contribution in [2.24, 2.45) is 17.3 Å². The Morgan fingerprint density at radius 1 is 1.02 bits per heavy atom. The van der Waals surface area contributed by atoms with E-state index in [1.54, 1.807) is 4.90 Å². The maximum absolute atomic E-state index is 13.5. The van der Waals surface area contributed by atoms with Gasteiger partial charge in [-0.15, -0.1) is 11.3 Å². The minimum atomic E-state index is -0.791. The van der Waals surface area contributed by atoms with E-state index >= 15 is 0 Å². The molecule has 0 unspecified atom stereocenters. The van der Waals surface area contributed by atoms with Crippen LogP contribution in [0.25, 0.3) is 0 Å². The number of carbonyl (C=O) groups excluding carboxylic acids is 2. The summed E-state index contributed by atoms with van der Waals surface area (Å²) in [6.45, 7) is 24.7. The summed E-state index contributed by atoms with van der Waals surface area (Å²) < 4.78 is 18.1. The number of carbonyl (C=O) groups is 2. The van der Waals surface area contributed by atoms with E-state index in [1.165, 1.54) is 16.0 Å². The zero-order chi connectivity index (χ0) is 34.7. The summed E-state index contributed by atoms with van der Waals surface area (Å²) in [5, 5.41) is 3.54. The number of fused-ring (bicyclic) bond motifs is 1.